The van der Waals surface area contributed by atoms with Crippen molar-refractivity contribution in [3.63, 3.8) is 0 Å². The van der Waals surface area contributed by atoms with Crippen LogP contribution in [0.4, 0.5) is 0 Å². The Kier molecular flexibility index (Phi) is 4.18. The lowest BCUT2D eigenvalue weighted by Crippen LogP contribution is -2.40. The van der Waals surface area contributed by atoms with E-state index in [2.05, 4.69) is 5.32 Å². The van der Waals surface area contributed by atoms with Crippen LogP contribution in [0.3, 0.4) is 0 Å². The van der Waals surface area contributed by atoms with E-state index >= 15 is 0 Å². The minimum Gasteiger partial charge on any atom is -0.376 e. The molecule has 2 heterocycles. The quantitative estimate of drug-likeness (QED) is 0.767. The summed E-state index contributed by atoms with van der Waals surface area (Å²) in [4.78, 5) is 13.9. The molecule has 0 radical (unpaired) electrons. The van der Waals surface area contributed by atoms with Gasteiger partial charge in [0.05, 0.1) is 12.0 Å². The van der Waals surface area contributed by atoms with E-state index < -0.39 is 0 Å². The van der Waals surface area contributed by atoms with E-state index in [0.717, 1.165) is 39.1 Å². The van der Waals surface area contributed by atoms with Gasteiger partial charge in [0.15, 0.2) is 0 Å². The molecule has 0 aromatic rings. The van der Waals surface area contributed by atoms with Crippen molar-refractivity contribution in [2.24, 2.45) is 5.92 Å². The SMILES string of the molecule is CN(CC1CCCCO1)C(=O)C1CCNC1. The molecular formula is C12H22N2O2. The lowest BCUT2D eigenvalue weighted by Gasteiger charge is -2.28. The fourth-order valence-electron chi connectivity index (χ4n) is 2.52. The zero-order valence-corrected chi connectivity index (χ0v) is 10.1. The maximum Gasteiger partial charge on any atom is 0.226 e. The third kappa shape index (κ3) is 2.95. The molecule has 2 saturated heterocycles. The summed E-state index contributed by atoms with van der Waals surface area (Å²) in [6, 6.07) is 0. The number of hydrogen-bond acceptors (Lipinski definition) is 3. The molecule has 0 saturated carbocycles. The number of likely N-dealkylation sites (N-methyl/N-ethyl adjacent to an activating group) is 1. The first-order chi connectivity index (χ1) is 7.77. The summed E-state index contributed by atoms with van der Waals surface area (Å²) >= 11 is 0. The van der Waals surface area contributed by atoms with Crippen LogP contribution in [0.1, 0.15) is 25.7 Å². The highest BCUT2D eigenvalue weighted by molar-refractivity contribution is 5.79. The van der Waals surface area contributed by atoms with Gasteiger partial charge in [0.25, 0.3) is 0 Å². The van der Waals surface area contributed by atoms with Crippen LogP contribution < -0.4 is 5.32 Å². The number of ether oxygens (including phenoxy) is 1. The molecule has 4 heteroatoms. The molecule has 2 rings (SSSR count). The van der Waals surface area contributed by atoms with Crippen molar-refractivity contribution in [3.05, 3.63) is 0 Å². The summed E-state index contributed by atoms with van der Waals surface area (Å²) in [5.41, 5.74) is 0. The van der Waals surface area contributed by atoms with Crippen molar-refractivity contribution >= 4 is 5.91 Å². The van der Waals surface area contributed by atoms with Crippen LogP contribution in [0.25, 0.3) is 0 Å². The van der Waals surface area contributed by atoms with E-state index in [-0.39, 0.29) is 17.9 Å². The Bertz CT molecular complexity index is 233. The van der Waals surface area contributed by atoms with E-state index in [1.54, 1.807) is 0 Å². The minimum atomic E-state index is 0.189. The van der Waals surface area contributed by atoms with Crippen molar-refractivity contribution < 1.29 is 9.53 Å². The Hall–Kier alpha value is -0.610. The maximum atomic E-state index is 12.0. The van der Waals surface area contributed by atoms with Crippen LogP contribution in [-0.2, 0) is 9.53 Å². The first kappa shape index (κ1) is 11.9. The third-order valence-corrected chi connectivity index (χ3v) is 3.54. The molecule has 4 nitrogen and oxygen atoms in total. The monoisotopic (exact) mass is 226 g/mol. The smallest absolute Gasteiger partial charge is 0.226 e. The van der Waals surface area contributed by atoms with Gasteiger partial charge in [-0.3, -0.25) is 4.79 Å². The number of amides is 1. The van der Waals surface area contributed by atoms with Gasteiger partial charge in [-0.1, -0.05) is 0 Å². The number of carbonyl (C=O) groups is 1. The highest BCUT2D eigenvalue weighted by Crippen LogP contribution is 2.16. The Morgan fingerprint density at radius 2 is 2.31 bits per heavy atom. The number of carbonyl (C=O) groups excluding carboxylic acids is 1. The fourth-order valence-corrected chi connectivity index (χ4v) is 2.52. The molecule has 0 aromatic heterocycles. The lowest BCUT2D eigenvalue weighted by atomic mass is 10.1. The van der Waals surface area contributed by atoms with Gasteiger partial charge in [0.2, 0.25) is 5.91 Å². The summed E-state index contributed by atoms with van der Waals surface area (Å²) in [6.07, 6.45) is 4.74. The minimum absolute atomic E-state index is 0.189. The molecule has 2 fully saturated rings. The summed E-state index contributed by atoms with van der Waals surface area (Å²) in [6.45, 7) is 3.44. The third-order valence-electron chi connectivity index (χ3n) is 3.54. The van der Waals surface area contributed by atoms with E-state index in [1.165, 1.54) is 12.8 Å². The van der Waals surface area contributed by atoms with Gasteiger partial charge in [-0.2, -0.15) is 0 Å². The summed E-state index contributed by atoms with van der Waals surface area (Å²) in [5.74, 6) is 0.466. The Morgan fingerprint density at radius 1 is 1.44 bits per heavy atom. The average Bonchev–Trinajstić information content (AvgIpc) is 2.83. The topological polar surface area (TPSA) is 41.6 Å². The zero-order valence-electron chi connectivity index (χ0n) is 10.1. The molecule has 2 aliphatic rings. The highest BCUT2D eigenvalue weighted by Gasteiger charge is 2.27. The van der Waals surface area contributed by atoms with Gasteiger partial charge in [-0.05, 0) is 32.2 Å². The molecule has 1 amide bonds. The molecule has 0 aliphatic carbocycles. The van der Waals surface area contributed by atoms with E-state index in [9.17, 15) is 4.79 Å². The highest BCUT2D eigenvalue weighted by atomic mass is 16.5. The number of nitrogens with one attached hydrogen (secondary N) is 1. The van der Waals surface area contributed by atoms with Crippen molar-refractivity contribution in [2.75, 3.05) is 33.3 Å². The molecule has 2 atom stereocenters. The van der Waals surface area contributed by atoms with Crippen LogP contribution in [0.2, 0.25) is 0 Å². The number of hydrogen-bond donors (Lipinski definition) is 1. The Morgan fingerprint density at radius 3 is 2.94 bits per heavy atom. The fraction of sp³-hybridized carbons (Fsp3) is 0.917. The number of rotatable bonds is 3. The van der Waals surface area contributed by atoms with Gasteiger partial charge < -0.3 is 15.0 Å². The standard InChI is InChI=1S/C12H22N2O2/c1-14(9-11-4-2-3-7-16-11)12(15)10-5-6-13-8-10/h10-11,13H,2-9H2,1H3. The Balaban J connectivity index is 1.77. The number of nitrogens with zero attached hydrogens (tertiary/aromatic N) is 1. The van der Waals surface area contributed by atoms with Crippen LogP contribution >= 0.6 is 0 Å². The zero-order chi connectivity index (χ0) is 11.4. The Labute approximate surface area is 97.3 Å². The van der Waals surface area contributed by atoms with E-state index in [0.29, 0.717) is 0 Å². The molecule has 2 aliphatic heterocycles. The molecule has 16 heavy (non-hydrogen) atoms. The average molecular weight is 226 g/mol. The van der Waals surface area contributed by atoms with Gasteiger partial charge in [-0.15, -0.1) is 0 Å². The van der Waals surface area contributed by atoms with E-state index in [1.807, 2.05) is 11.9 Å². The first-order valence-corrected chi connectivity index (χ1v) is 6.34. The van der Waals surface area contributed by atoms with Crippen LogP contribution in [0.15, 0.2) is 0 Å². The molecule has 0 aromatic carbocycles. The second kappa shape index (κ2) is 5.64. The normalized spacial score (nSPS) is 30.3. The van der Waals surface area contributed by atoms with Crippen molar-refractivity contribution in [3.8, 4) is 0 Å². The molecule has 0 bridgehead atoms. The van der Waals surface area contributed by atoms with Gasteiger partial charge in [0.1, 0.15) is 0 Å². The summed E-state index contributed by atoms with van der Waals surface area (Å²) in [5, 5.41) is 3.23. The first-order valence-electron chi connectivity index (χ1n) is 6.34. The second-order valence-corrected chi connectivity index (χ2v) is 4.90. The summed E-state index contributed by atoms with van der Waals surface area (Å²) in [7, 11) is 1.90. The van der Waals surface area contributed by atoms with Gasteiger partial charge in [0, 0.05) is 26.7 Å². The van der Waals surface area contributed by atoms with Crippen molar-refractivity contribution in [2.45, 2.75) is 31.8 Å². The van der Waals surface area contributed by atoms with Gasteiger partial charge >= 0.3 is 0 Å². The van der Waals surface area contributed by atoms with Crippen LogP contribution in [-0.4, -0.2) is 50.2 Å². The van der Waals surface area contributed by atoms with Crippen molar-refractivity contribution in [1.29, 1.82) is 0 Å². The summed E-state index contributed by atoms with van der Waals surface area (Å²) < 4.78 is 5.65. The molecule has 0 spiro atoms. The van der Waals surface area contributed by atoms with E-state index in [4.69, 9.17) is 4.74 Å². The second-order valence-electron chi connectivity index (χ2n) is 4.90. The van der Waals surface area contributed by atoms with Gasteiger partial charge in [-0.25, -0.2) is 0 Å². The molecule has 92 valence electrons. The van der Waals surface area contributed by atoms with Crippen LogP contribution in [0, 0.1) is 5.92 Å². The predicted molar refractivity (Wildman–Crippen MR) is 62.2 cm³/mol. The van der Waals surface area contributed by atoms with Crippen LogP contribution in [0.5, 0.6) is 0 Å². The van der Waals surface area contributed by atoms with Crippen molar-refractivity contribution in [1.82, 2.24) is 10.2 Å². The molecule has 2 unspecified atom stereocenters. The molecule has 1 N–H and O–H groups in total. The largest absolute Gasteiger partial charge is 0.376 e. The predicted octanol–water partition coefficient (Wildman–Crippen LogP) is 0.623. The lowest BCUT2D eigenvalue weighted by molar-refractivity contribution is -0.136. The maximum absolute atomic E-state index is 12.0. The molecular weight excluding hydrogens is 204 g/mol.